The van der Waals surface area contributed by atoms with Crippen LogP contribution in [0, 0.1) is 12.8 Å². The van der Waals surface area contributed by atoms with Crippen LogP contribution in [0.3, 0.4) is 0 Å². The second-order valence-electron chi connectivity index (χ2n) is 4.66. The number of aryl methyl sites for hydroxylation is 1. The summed E-state index contributed by atoms with van der Waals surface area (Å²) in [6.07, 6.45) is 2.84. The predicted molar refractivity (Wildman–Crippen MR) is 67.9 cm³/mol. The number of carboxylic acid groups (broad SMARTS) is 1. The van der Waals surface area contributed by atoms with Gasteiger partial charge in [-0.25, -0.2) is 9.78 Å². The standard InChI is InChI=1S/C13H18N2O3/c1-8-3-5-14-12(11(8)13(16)17)15-7-10-4-6-18-9(10)2/h3,5,9-10H,4,6-7H2,1-2H3,(H,14,15)(H,16,17). The molecule has 18 heavy (non-hydrogen) atoms. The zero-order valence-corrected chi connectivity index (χ0v) is 10.6. The molecule has 1 aliphatic heterocycles. The molecule has 1 aliphatic rings. The summed E-state index contributed by atoms with van der Waals surface area (Å²) in [7, 11) is 0. The average Bonchev–Trinajstić information content (AvgIpc) is 2.71. The van der Waals surface area contributed by atoms with Crippen molar-refractivity contribution in [3.63, 3.8) is 0 Å². The van der Waals surface area contributed by atoms with E-state index >= 15 is 0 Å². The fourth-order valence-electron chi connectivity index (χ4n) is 2.23. The Balaban J connectivity index is 2.09. The molecule has 2 atom stereocenters. The number of nitrogens with zero attached hydrogens (tertiary/aromatic N) is 1. The minimum atomic E-state index is -0.946. The molecule has 0 bridgehead atoms. The Morgan fingerprint density at radius 1 is 1.67 bits per heavy atom. The lowest BCUT2D eigenvalue weighted by molar-refractivity contribution is 0.0697. The molecule has 5 heteroatoms. The van der Waals surface area contributed by atoms with Crippen LogP contribution < -0.4 is 5.32 Å². The Morgan fingerprint density at radius 3 is 3.06 bits per heavy atom. The normalized spacial score (nSPS) is 23.0. The van der Waals surface area contributed by atoms with Crippen molar-refractivity contribution in [3.05, 3.63) is 23.4 Å². The fraction of sp³-hybridized carbons (Fsp3) is 0.538. The lowest BCUT2D eigenvalue weighted by atomic mass is 10.0. The molecular weight excluding hydrogens is 232 g/mol. The topological polar surface area (TPSA) is 71.5 Å². The number of aromatic carboxylic acids is 1. The first kappa shape index (κ1) is 12.8. The molecule has 1 fully saturated rings. The number of pyridine rings is 1. The minimum absolute atomic E-state index is 0.218. The summed E-state index contributed by atoms with van der Waals surface area (Å²) in [5.74, 6) is -0.0885. The number of rotatable bonds is 4. The van der Waals surface area contributed by atoms with E-state index in [9.17, 15) is 9.90 Å². The molecule has 2 rings (SSSR count). The number of ether oxygens (including phenoxy) is 1. The van der Waals surface area contributed by atoms with E-state index in [0.29, 0.717) is 18.3 Å². The van der Waals surface area contributed by atoms with E-state index in [0.717, 1.165) is 18.6 Å². The number of hydrogen-bond donors (Lipinski definition) is 2. The Kier molecular flexibility index (Phi) is 3.81. The molecule has 98 valence electrons. The van der Waals surface area contributed by atoms with Crippen LogP contribution in [-0.2, 0) is 4.74 Å². The van der Waals surface area contributed by atoms with Gasteiger partial charge in [0.2, 0.25) is 0 Å². The minimum Gasteiger partial charge on any atom is -0.478 e. The molecule has 1 saturated heterocycles. The third kappa shape index (κ3) is 2.61. The number of carbonyl (C=O) groups is 1. The van der Waals surface area contributed by atoms with Crippen LogP contribution in [0.2, 0.25) is 0 Å². The first-order valence-electron chi connectivity index (χ1n) is 6.14. The smallest absolute Gasteiger partial charge is 0.339 e. The van der Waals surface area contributed by atoms with Crippen LogP contribution in [0.4, 0.5) is 5.82 Å². The predicted octanol–water partition coefficient (Wildman–Crippen LogP) is 1.93. The van der Waals surface area contributed by atoms with Gasteiger partial charge in [-0.3, -0.25) is 0 Å². The highest BCUT2D eigenvalue weighted by Crippen LogP contribution is 2.22. The Labute approximate surface area is 106 Å². The molecule has 5 nitrogen and oxygen atoms in total. The second kappa shape index (κ2) is 5.35. The molecule has 1 aromatic rings. The zero-order chi connectivity index (χ0) is 13.1. The summed E-state index contributed by atoms with van der Waals surface area (Å²) in [6.45, 7) is 5.29. The first-order valence-corrected chi connectivity index (χ1v) is 6.14. The highest BCUT2D eigenvalue weighted by atomic mass is 16.5. The van der Waals surface area contributed by atoms with E-state index in [1.807, 2.05) is 6.92 Å². The van der Waals surface area contributed by atoms with Gasteiger partial charge in [0.25, 0.3) is 0 Å². The van der Waals surface area contributed by atoms with Gasteiger partial charge in [-0.05, 0) is 31.9 Å². The Hall–Kier alpha value is -1.62. The second-order valence-corrected chi connectivity index (χ2v) is 4.66. The van der Waals surface area contributed by atoms with Crippen molar-refractivity contribution >= 4 is 11.8 Å². The van der Waals surface area contributed by atoms with E-state index in [1.54, 1.807) is 19.2 Å². The van der Waals surface area contributed by atoms with Gasteiger partial charge in [0, 0.05) is 25.3 Å². The number of hydrogen-bond acceptors (Lipinski definition) is 4. The highest BCUT2D eigenvalue weighted by Gasteiger charge is 2.24. The Morgan fingerprint density at radius 2 is 2.44 bits per heavy atom. The maximum atomic E-state index is 11.2. The van der Waals surface area contributed by atoms with Crippen LogP contribution in [0.15, 0.2) is 12.3 Å². The van der Waals surface area contributed by atoms with E-state index in [2.05, 4.69) is 10.3 Å². The fourth-order valence-corrected chi connectivity index (χ4v) is 2.23. The third-order valence-electron chi connectivity index (χ3n) is 3.44. The van der Waals surface area contributed by atoms with Crippen molar-refractivity contribution in [2.75, 3.05) is 18.5 Å². The molecule has 0 radical (unpaired) electrons. The largest absolute Gasteiger partial charge is 0.478 e. The molecule has 0 aromatic carbocycles. The van der Waals surface area contributed by atoms with E-state index < -0.39 is 5.97 Å². The summed E-state index contributed by atoms with van der Waals surface area (Å²) < 4.78 is 5.48. The molecule has 1 aromatic heterocycles. The number of nitrogens with one attached hydrogen (secondary N) is 1. The van der Waals surface area contributed by atoms with E-state index in [-0.39, 0.29) is 11.7 Å². The van der Waals surface area contributed by atoms with Crippen molar-refractivity contribution in [3.8, 4) is 0 Å². The molecule has 0 aliphatic carbocycles. The van der Waals surface area contributed by atoms with E-state index in [4.69, 9.17) is 4.74 Å². The molecule has 2 N–H and O–H groups in total. The van der Waals surface area contributed by atoms with Crippen LogP contribution >= 0.6 is 0 Å². The molecular formula is C13H18N2O3. The van der Waals surface area contributed by atoms with Crippen LogP contribution in [0.1, 0.15) is 29.3 Å². The van der Waals surface area contributed by atoms with Gasteiger partial charge in [0.15, 0.2) is 0 Å². The SMILES string of the molecule is Cc1ccnc(NCC2CCOC2C)c1C(=O)O. The van der Waals surface area contributed by atoms with Crippen LogP contribution in [0.25, 0.3) is 0 Å². The first-order chi connectivity index (χ1) is 8.59. The molecule has 2 heterocycles. The monoisotopic (exact) mass is 250 g/mol. The molecule has 0 amide bonds. The van der Waals surface area contributed by atoms with Crippen molar-refractivity contribution in [2.24, 2.45) is 5.92 Å². The third-order valence-corrected chi connectivity index (χ3v) is 3.44. The van der Waals surface area contributed by atoms with Gasteiger partial charge >= 0.3 is 5.97 Å². The van der Waals surface area contributed by atoms with Gasteiger partial charge in [0.1, 0.15) is 11.4 Å². The maximum Gasteiger partial charge on any atom is 0.339 e. The van der Waals surface area contributed by atoms with Gasteiger partial charge in [-0.1, -0.05) is 0 Å². The van der Waals surface area contributed by atoms with Crippen molar-refractivity contribution in [2.45, 2.75) is 26.4 Å². The summed E-state index contributed by atoms with van der Waals surface area (Å²) >= 11 is 0. The van der Waals surface area contributed by atoms with Crippen LogP contribution in [0.5, 0.6) is 0 Å². The van der Waals surface area contributed by atoms with Gasteiger partial charge in [-0.15, -0.1) is 0 Å². The molecule has 0 spiro atoms. The summed E-state index contributed by atoms with van der Waals surface area (Å²) in [4.78, 5) is 15.3. The average molecular weight is 250 g/mol. The van der Waals surface area contributed by atoms with Crippen molar-refractivity contribution < 1.29 is 14.6 Å². The molecule has 0 saturated carbocycles. The summed E-state index contributed by atoms with van der Waals surface area (Å²) in [6, 6.07) is 1.70. The zero-order valence-electron chi connectivity index (χ0n) is 10.6. The van der Waals surface area contributed by atoms with Gasteiger partial charge in [0.05, 0.1) is 6.10 Å². The van der Waals surface area contributed by atoms with Crippen LogP contribution in [-0.4, -0.2) is 35.3 Å². The van der Waals surface area contributed by atoms with Gasteiger partial charge in [-0.2, -0.15) is 0 Å². The number of aromatic nitrogens is 1. The Bertz CT molecular complexity index is 448. The van der Waals surface area contributed by atoms with Gasteiger partial charge < -0.3 is 15.2 Å². The van der Waals surface area contributed by atoms with Crippen molar-refractivity contribution in [1.29, 1.82) is 0 Å². The number of carboxylic acids is 1. The van der Waals surface area contributed by atoms with E-state index in [1.165, 1.54) is 0 Å². The lowest BCUT2D eigenvalue weighted by Gasteiger charge is -2.16. The maximum absolute atomic E-state index is 11.2. The molecule has 2 unspecified atom stereocenters. The lowest BCUT2D eigenvalue weighted by Crippen LogP contribution is -2.22. The summed E-state index contributed by atoms with van der Waals surface area (Å²) in [5, 5.41) is 12.3. The number of anilines is 1. The van der Waals surface area contributed by atoms with Crippen molar-refractivity contribution in [1.82, 2.24) is 4.98 Å². The highest BCUT2D eigenvalue weighted by molar-refractivity contribution is 5.94. The summed E-state index contributed by atoms with van der Waals surface area (Å²) in [5.41, 5.74) is 0.972. The quantitative estimate of drug-likeness (QED) is 0.854.